The molecule has 0 spiro atoms. The molecule has 92 valence electrons. The molecule has 1 aliphatic heterocycles. The van der Waals surface area contributed by atoms with Crippen LogP contribution in [0.5, 0.6) is 0 Å². The van der Waals surface area contributed by atoms with Crippen molar-refractivity contribution >= 4 is 11.6 Å². The van der Waals surface area contributed by atoms with Gasteiger partial charge in [0.2, 0.25) is 5.91 Å². The molecular formula is C14H20N2O. The summed E-state index contributed by atoms with van der Waals surface area (Å²) >= 11 is 0. The normalized spacial score (nSPS) is 16.9. The molecule has 3 nitrogen and oxygen atoms in total. The molecule has 0 radical (unpaired) electrons. The van der Waals surface area contributed by atoms with Crippen molar-refractivity contribution in [1.82, 2.24) is 0 Å². The summed E-state index contributed by atoms with van der Waals surface area (Å²) in [4.78, 5) is 13.3. The Kier molecular flexibility index (Phi) is 3.48. The van der Waals surface area contributed by atoms with Crippen molar-refractivity contribution < 1.29 is 4.79 Å². The van der Waals surface area contributed by atoms with E-state index >= 15 is 0 Å². The number of hydrogen-bond acceptors (Lipinski definition) is 2. The Bertz CT molecular complexity index is 428. The van der Waals surface area contributed by atoms with Crippen LogP contribution in [0.4, 0.5) is 5.69 Å². The molecule has 0 saturated carbocycles. The zero-order chi connectivity index (χ0) is 12.4. The second-order valence-electron chi connectivity index (χ2n) is 4.74. The third kappa shape index (κ3) is 2.34. The Hall–Kier alpha value is -1.35. The Morgan fingerprint density at radius 1 is 1.41 bits per heavy atom. The fraction of sp³-hybridized carbons (Fsp3) is 0.500. The first kappa shape index (κ1) is 12.1. The van der Waals surface area contributed by atoms with E-state index in [0.29, 0.717) is 6.42 Å². The molecule has 1 heterocycles. The molecule has 1 unspecified atom stereocenters. The molecular weight excluding hydrogens is 212 g/mol. The highest BCUT2D eigenvalue weighted by atomic mass is 16.2. The fourth-order valence-electron chi connectivity index (χ4n) is 2.38. The zero-order valence-electron chi connectivity index (χ0n) is 10.6. The van der Waals surface area contributed by atoms with Crippen LogP contribution in [0, 0.1) is 0 Å². The zero-order valence-corrected chi connectivity index (χ0v) is 10.6. The van der Waals surface area contributed by atoms with E-state index in [4.69, 9.17) is 5.73 Å². The van der Waals surface area contributed by atoms with Gasteiger partial charge in [0.15, 0.2) is 0 Å². The van der Waals surface area contributed by atoms with Crippen molar-refractivity contribution in [2.45, 2.75) is 38.6 Å². The molecule has 0 fully saturated rings. The van der Waals surface area contributed by atoms with Gasteiger partial charge < -0.3 is 10.6 Å². The van der Waals surface area contributed by atoms with Crippen LogP contribution in [-0.4, -0.2) is 13.0 Å². The van der Waals surface area contributed by atoms with E-state index in [1.54, 1.807) is 4.90 Å². The summed E-state index contributed by atoms with van der Waals surface area (Å²) in [7, 11) is 1.84. The summed E-state index contributed by atoms with van der Waals surface area (Å²) < 4.78 is 0. The van der Waals surface area contributed by atoms with Crippen LogP contribution in [0.25, 0.3) is 0 Å². The van der Waals surface area contributed by atoms with Crippen molar-refractivity contribution in [2.75, 3.05) is 11.9 Å². The molecule has 2 rings (SSSR count). The number of aryl methyl sites for hydroxylation is 1. The van der Waals surface area contributed by atoms with Gasteiger partial charge in [0.1, 0.15) is 0 Å². The highest BCUT2D eigenvalue weighted by Crippen LogP contribution is 2.29. The largest absolute Gasteiger partial charge is 0.324 e. The quantitative estimate of drug-likeness (QED) is 0.869. The standard InChI is InChI=1S/C14H20N2O/c1-3-4-12(15)10-5-7-13-11(9-10)6-8-14(17)16(13)2/h5,7,9,12H,3-4,6,8,15H2,1-2H3. The second-order valence-corrected chi connectivity index (χ2v) is 4.74. The first-order valence-electron chi connectivity index (χ1n) is 6.28. The summed E-state index contributed by atoms with van der Waals surface area (Å²) in [5, 5.41) is 0. The maximum atomic E-state index is 11.6. The van der Waals surface area contributed by atoms with Crippen molar-refractivity contribution in [3.05, 3.63) is 29.3 Å². The number of hydrogen-bond donors (Lipinski definition) is 1. The molecule has 17 heavy (non-hydrogen) atoms. The van der Waals surface area contributed by atoms with Gasteiger partial charge >= 0.3 is 0 Å². The highest BCUT2D eigenvalue weighted by Gasteiger charge is 2.21. The van der Waals surface area contributed by atoms with E-state index in [1.807, 2.05) is 19.2 Å². The van der Waals surface area contributed by atoms with E-state index in [0.717, 1.165) is 24.9 Å². The summed E-state index contributed by atoms with van der Waals surface area (Å²) in [5.41, 5.74) is 9.59. The molecule has 1 atom stereocenters. The SMILES string of the molecule is CCCC(N)c1ccc2c(c1)CCC(=O)N2C. The Morgan fingerprint density at radius 2 is 2.18 bits per heavy atom. The van der Waals surface area contributed by atoms with E-state index in [1.165, 1.54) is 11.1 Å². The second kappa shape index (κ2) is 4.88. The number of nitrogens with zero attached hydrogens (tertiary/aromatic N) is 1. The predicted molar refractivity (Wildman–Crippen MR) is 70.0 cm³/mol. The van der Waals surface area contributed by atoms with E-state index in [2.05, 4.69) is 13.0 Å². The van der Waals surface area contributed by atoms with Crippen molar-refractivity contribution in [3.8, 4) is 0 Å². The lowest BCUT2D eigenvalue weighted by Crippen LogP contribution is -2.31. The number of rotatable bonds is 3. The van der Waals surface area contributed by atoms with Gasteiger partial charge in [0, 0.05) is 25.2 Å². The van der Waals surface area contributed by atoms with Crippen molar-refractivity contribution in [1.29, 1.82) is 0 Å². The van der Waals surface area contributed by atoms with Crippen molar-refractivity contribution in [3.63, 3.8) is 0 Å². The molecule has 0 bridgehead atoms. The number of amides is 1. The lowest BCUT2D eigenvalue weighted by Gasteiger charge is -2.26. The topological polar surface area (TPSA) is 46.3 Å². The monoisotopic (exact) mass is 232 g/mol. The van der Waals surface area contributed by atoms with Crippen LogP contribution < -0.4 is 10.6 Å². The van der Waals surface area contributed by atoms with Gasteiger partial charge in [-0.1, -0.05) is 25.5 Å². The lowest BCUT2D eigenvalue weighted by molar-refractivity contribution is -0.118. The van der Waals surface area contributed by atoms with Gasteiger partial charge in [0.05, 0.1) is 0 Å². The molecule has 1 aromatic rings. The minimum absolute atomic E-state index is 0.119. The average Bonchev–Trinajstić information content (AvgIpc) is 2.34. The molecule has 0 aromatic heterocycles. The van der Waals surface area contributed by atoms with Crippen LogP contribution in [0.2, 0.25) is 0 Å². The van der Waals surface area contributed by atoms with Crippen LogP contribution in [0.15, 0.2) is 18.2 Å². The van der Waals surface area contributed by atoms with Gasteiger partial charge in [0.25, 0.3) is 0 Å². The Morgan fingerprint density at radius 3 is 2.88 bits per heavy atom. The van der Waals surface area contributed by atoms with E-state index in [-0.39, 0.29) is 11.9 Å². The third-order valence-electron chi connectivity index (χ3n) is 3.48. The summed E-state index contributed by atoms with van der Waals surface area (Å²) in [5.74, 6) is 0.197. The minimum atomic E-state index is 0.119. The molecule has 3 heteroatoms. The predicted octanol–water partition coefficient (Wildman–Crippen LogP) is 2.40. The molecule has 0 aliphatic carbocycles. The average molecular weight is 232 g/mol. The molecule has 1 aromatic carbocycles. The maximum Gasteiger partial charge on any atom is 0.227 e. The molecule has 1 aliphatic rings. The first-order valence-corrected chi connectivity index (χ1v) is 6.28. The smallest absolute Gasteiger partial charge is 0.227 e. The number of nitrogens with two attached hydrogens (primary N) is 1. The Balaban J connectivity index is 2.29. The van der Waals surface area contributed by atoms with Crippen LogP contribution in [0.3, 0.4) is 0 Å². The van der Waals surface area contributed by atoms with Gasteiger partial charge in [-0.15, -0.1) is 0 Å². The number of benzene rings is 1. The highest BCUT2D eigenvalue weighted by molar-refractivity contribution is 5.95. The minimum Gasteiger partial charge on any atom is -0.324 e. The Labute approximate surface area is 103 Å². The summed E-state index contributed by atoms with van der Waals surface area (Å²) in [6, 6.07) is 6.36. The molecule has 1 amide bonds. The summed E-state index contributed by atoms with van der Waals surface area (Å²) in [6.07, 6.45) is 3.55. The number of carbonyl (C=O) groups excluding carboxylic acids is 1. The lowest BCUT2D eigenvalue weighted by atomic mass is 9.95. The number of fused-ring (bicyclic) bond motifs is 1. The molecule has 0 saturated heterocycles. The van der Waals surface area contributed by atoms with E-state index in [9.17, 15) is 4.79 Å². The van der Waals surface area contributed by atoms with Gasteiger partial charge in [-0.25, -0.2) is 0 Å². The van der Waals surface area contributed by atoms with Gasteiger partial charge in [-0.2, -0.15) is 0 Å². The fourth-order valence-corrected chi connectivity index (χ4v) is 2.38. The number of anilines is 1. The third-order valence-corrected chi connectivity index (χ3v) is 3.48. The van der Waals surface area contributed by atoms with Crippen LogP contribution in [-0.2, 0) is 11.2 Å². The maximum absolute atomic E-state index is 11.6. The van der Waals surface area contributed by atoms with Gasteiger partial charge in [-0.05, 0) is 30.0 Å². The number of carbonyl (C=O) groups is 1. The first-order chi connectivity index (χ1) is 8.13. The van der Waals surface area contributed by atoms with Crippen LogP contribution >= 0.6 is 0 Å². The summed E-state index contributed by atoms with van der Waals surface area (Å²) in [6.45, 7) is 2.14. The van der Waals surface area contributed by atoms with E-state index < -0.39 is 0 Å². The molecule has 2 N–H and O–H groups in total. The van der Waals surface area contributed by atoms with Crippen molar-refractivity contribution in [2.24, 2.45) is 5.73 Å². The van der Waals surface area contributed by atoms with Gasteiger partial charge in [-0.3, -0.25) is 4.79 Å². The van der Waals surface area contributed by atoms with Crippen LogP contribution in [0.1, 0.15) is 43.4 Å².